The number of nitrogens with zero attached hydrogens (tertiary/aromatic N) is 1. The lowest BCUT2D eigenvalue weighted by Crippen LogP contribution is -2.46. The summed E-state index contributed by atoms with van der Waals surface area (Å²) in [4.78, 5) is 10.9. The van der Waals surface area contributed by atoms with Crippen LogP contribution >= 0.6 is 0 Å². The van der Waals surface area contributed by atoms with Crippen molar-refractivity contribution in [1.29, 1.82) is 0 Å². The molecule has 7 heteroatoms. The molecule has 0 bridgehead atoms. The van der Waals surface area contributed by atoms with Crippen molar-refractivity contribution in [2.45, 2.75) is 6.42 Å². The Balaban J connectivity index is 3.87. The van der Waals surface area contributed by atoms with E-state index in [1.165, 1.54) is 6.08 Å². The monoisotopic (exact) mass is 265 g/mol. The molecule has 0 saturated carbocycles. The van der Waals surface area contributed by atoms with Gasteiger partial charge < -0.3 is 9.80 Å². The molecule has 0 heterocycles. The highest BCUT2D eigenvalue weighted by molar-refractivity contribution is 7.85. The van der Waals surface area contributed by atoms with Gasteiger partial charge in [-0.3, -0.25) is 9.35 Å². The topological polar surface area (TPSA) is 83.5 Å². The van der Waals surface area contributed by atoms with Crippen LogP contribution in [0.25, 0.3) is 0 Å². The zero-order chi connectivity index (χ0) is 13.5. The van der Waals surface area contributed by atoms with E-state index in [4.69, 9.17) is 4.55 Å². The van der Waals surface area contributed by atoms with Gasteiger partial charge in [0.05, 0.1) is 39.5 Å². The predicted octanol–water partition coefficient (Wildman–Crippen LogP) is -0.357. The fraction of sp³-hybridized carbons (Fsp3) is 0.700. The summed E-state index contributed by atoms with van der Waals surface area (Å²) in [5, 5.41) is 2.65. The van der Waals surface area contributed by atoms with Gasteiger partial charge in [0.2, 0.25) is 5.91 Å². The summed E-state index contributed by atoms with van der Waals surface area (Å²) in [6.07, 6.45) is 1.60. The van der Waals surface area contributed by atoms with Gasteiger partial charge >= 0.3 is 0 Å². The van der Waals surface area contributed by atoms with Gasteiger partial charge in [-0.15, -0.1) is 0 Å². The van der Waals surface area contributed by atoms with Gasteiger partial charge in [-0.2, -0.15) is 8.42 Å². The number of hydrogen-bond acceptors (Lipinski definition) is 3. The second-order valence-electron chi connectivity index (χ2n) is 4.52. The van der Waals surface area contributed by atoms with Crippen LogP contribution < -0.4 is 5.32 Å². The van der Waals surface area contributed by atoms with Gasteiger partial charge in [-0.25, -0.2) is 0 Å². The fourth-order valence-corrected chi connectivity index (χ4v) is 1.83. The number of likely N-dealkylation sites (N-methyl/N-ethyl adjacent to an activating group) is 1. The Bertz CT molecular complexity index is 363. The molecule has 0 spiro atoms. The molecular formula is C10H21N2O4S+. The molecule has 0 saturated heterocycles. The molecule has 0 radical (unpaired) electrons. The number of rotatable bonds is 8. The first kappa shape index (κ1) is 16.1. The van der Waals surface area contributed by atoms with Crippen molar-refractivity contribution in [2.75, 3.05) is 39.5 Å². The molecule has 0 rings (SSSR count). The first-order chi connectivity index (χ1) is 7.66. The zero-order valence-corrected chi connectivity index (χ0v) is 11.2. The lowest BCUT2D eigenvalue weighted by molar-refractivity contribution is -0.889. The number of carbonyl (C=O) groups is 1. The van der Waals surface area contributed by atoms with Crippen molar-refractivity contribution in [3.63, 3.8) is 0 Å². The molecule has 0 aliphatic heterocycles. The molecule has 0 aromatic carbocycles. The summed E-state index contributed by atoms with van der Waals surface area (Å²) < 4.78 is 30.2. The Morgan fingerprint density at radius 1 is 1.41 bits per heavy atom. The van der Waals surface area contributed by atoms with Gasteiger partial charge in [0.15, 0.2) is 0 Å². The van der Waals surface area contributed by atoms with Gasteiger partial charge in [0, 0.05) is 6.42 Å². The minimum Gasteiger partial charge on any atom is -0.347 e. The van der Waals surface area contributed by atoms with Gasteiger partial charge in [0.25, 0.3) is 10.1 Å². The third-order valence-electron chi connectivity index (χ3n) is 2.37. The zero-order valence-electron chi connectivity index (χ0n) is 10.3. The van der Waals surface area contributed by atoms with E-state index in [-0.39, 0.29) is 11.7 Å². The van der Waals surface area contributed by atoms with Crippen LogP contribution in [0.1, 0.15) is 6.42 Å². The Kier molecular flexibility index (Phi) is 6.36. The van der Waals surface area contributed by atoms with E-state index in [2.05, 4.69) is 11.9 Å². The fourth-order valence-electron chi connectivity index (χ4n) is 1.34. The number of hydrogen-bond donors (Lipinski definition) is 2. The summed E-state index contributed by atoms with van der Waals surface area (Å²) in [6.45, 7) is 5.14. The second kappa shape index (κ2) is 6.73. The average molecular weight is 265 g/mol. The Morgan fingerprint density at radius 3 is 2.47 bits per heavy atom. The van der Waals surface area contributed by atoms with Crippen LogP contribution in [0.4, 0.5) is 0 Å². The van der Waals surface area contributed by atoms with E-state index in [1.54, 1.807) is 0 Å². The largest absolute Gasteiger partial charge is 0.347 e. The third-order valence-corrected chi connectivity index (χ3v) is 3.17. The summed E-state index contributed by atoms with van der Waals surface area (Å²) in [7, 11) is -0.00828. The van der Waals surface area contributed by atoms with E-state index >= 15 is 0 Å². The SMILES string of the molecule is C=CC(=O)NCC[N+](C)(C)CCCS(=O)(=O)O. The highest BCUT2D eigenvalue weighted by Gasteiger charge is 2.16. The maximum Gasteiger partial charge on any atom is 0.265 e. The molecule has 2 N–H and O–H groups in total. The van der Waals surface area contributed by atoms with Crippen LogP contribution in [0.3, 0.4) is 0 Å². The molecule has 1 amide bonds. The van der Waals surface area contributed by atoms with Crippen molar-refractivity contribution >= 4 is 16.0 Å². The quantitative estimate of drug-likeness (QED) is 0.357. The van der Waals surface area contributed by atoms with E-state index in [1.807, 2.05) is 14.1 Å². The maximum absolute atomic E-state index is 10.9. The summed E-state index contributed by atoms with van der Waals surface area (Å²) in [5.74, 6) is -0.448. The van der Waals surface area contributed by atoms with Crippen LogP contribution in [0.15, 0.2) is 12.7 Å². The average Bonchev–Trinajstić information content (AvgIpc) is 2.14. The van der Waals surface area contributed by atoms with Crippen LogP contribution in [0.2, 0.25) is 0 Å². The third kappa shape index (κ3) is 9.98. The minimum absolute atomic E-state index is 0.220. The van der Waals surface area contributed by atoms with Crippen LogP contribution in [-0.2, 0) is 14.9 Å². The normalized spacial score (nSPS) is 12.2. The van der Waals surface area contributed by atoms with Crippen molar-refractivity contribution in [2.24, 2.45) is 0 Å². The molecular weight excluding hydrogens is 244 g/mol. The number of amides is 1. The Morgan fingerprint density at radius 2 is 2.00 bits per heavy atom. The van der Waals surface area contributed by atoms with Gasteiger partial charge in [0.1, 0.15) is 0 Å². The first-order valence-electron chi connectivity index (χ1n) is 5.34. The van der Waals surface area contributed by atoms with E-state index < -0.39 is 10.1 Å². The highest BCUT2D eigenvalue weighted by Crippen LogP contribution is 2.00. The van der Waals surface area contributed by atoms with Gasteiger partial charge in [-0.05, 0) is 6.08 Å². The highest BCUT2D eigenvalue weighted by atomic mass is 32.2. The molecule has 0 fully saturated rings. The van der Waals surface area contributed by atoms with Gasteiger partial charge in [-0.1, -0.05) is 6.58 Å². The summed E-state index contributed by atoms with van der Waals surface area (Å²) >= 11 is 0. The number of quaternary nitrogens is 1. The number of nitrogens with one attached hydrogen (secondary N) is 1. The summed E-state index contributed by atoms with van der Waals surface area (Å²) in [5.41, 5.74) is 0. The molecule has 17 heavy (non-hydrogen) atoms. The van der Waals surface area contributed by atoms with Crippen LogP contribution in [0.5, 0.6) is 0 Å². The molecule has 0 aliphatic rings. The van der Waals surface area contributed by atoms with Crippen molar-refractivity contribution in [1.82, 2.24) is 5.32 Å². The summed E-state index contributed by atoms with van der Waals surface area (Å²) in [6, 6.07) is 0. The molecule has 0 aliphatic carbocycles. The standard InChI is InChI=1S/C10H20N2O4S/c1-4-10(13)11-6-8-12(2,3)7-5-9-17(14,15)16/h4H,1,5-9H2,2-3H3,(H-,11,13,14,15,16)/p+1. The molecule has 0 unspecified atom stereocenters. The van der Waals surface area contributed by atoms with E-state index in [9.17, 15) is 13.2 Å². The van der Waals surface area contributed by atoms with Crippen molar-refractivity contribution < 1.29 is 22.2 Å². The lowest BCUT2D eigenvalue weighted by atomic mass is 10.3. The Labute approximate surface area is 103 Å². The molecule has 0 atom stereocenters. The van der Waals surface area contributed by atoms with Crippen molar-refractivity contribution in [3.8, 4) is 0 Å². The maximum atomic E-state index is 10.9. The second-order valence-corrected chi connectivity index (χ2v) is 6.09. The molecule has 0 aromatic rings. The van der Waals surface area contributed by atoms with Crippen LogP contribution in [-0.4, -0.2) is 62.8 Å². The minimum atomic E-state index is -3.88. The Hall–Kier alpha value is -0.920. The first-order valence-corrected chi connectivity index (χ1v) is 6.95. The van der Waals surface area contributed by atoms with E-state index in [0.717, 1.165) is 0 Å². The van der Waals surface area contributed by atoms with Crippen molar-refractivity contribution in [3.05, 3.63) is 12.7 Å². The molecule has 6 nitrogen and oxygen atoms in total. The lowest BCUT2D eigenvalue weighted by Gasteiger charge is -2.29. The van der Waals surface area contributed by atoms with E-state index in [0.29, 0.717) is 30.5 Å². The molecule has 100 valence electrons. The smallest absolute Gasteiger partial charge is 0.265 e. The molecule has 0 aromatic heterocycles. The van der Waals surface area contributed by atoms with Crippen LogP contribution in [0, 0.1) is 0 Å². The number of carbonyl (C=O) groups excluding carboxylic acids is 1. The predicted molar refractivity (Wildman–Crippen MR) is 66.1 cm³/mol.